The van der Waals surface area contributed by atoms with Crippen LogP contribution < -0.4 is 0 Å². The van der Waals surface area contributed by atoms with Gasteiger partial charge in [0.25, 0.3) is 4.93 Å². The van der Waals surface area contributed by atoms with Gasteiger partial charge in [-0.3, -0.25) is 9.35 Å². The first-order valence-corrected chi connectivity index (χ1v) is 16.0. The maximum Gasteiger partial charge on any atom is 0.305 e. The van der Waals surface area contributed by atoms with E-state index < -0.39 is 64.1 Å². The Morgan fingerprint density at radius 1 is 0.769 bits per heavy atom. The topological polar surface area (TPSA) is 202 Å². The molecule has 1 fully saturated rings. The third-order valence-corrected chi connectivity index (χ3v) is 9.05. The van der Waals surface area contributed by atoms with Crippen LogP contribution in [-0.4, -0.2) is 97.6 Å². The van der Waals surface area contributed by atoms with Crippen molar-refractivity contribution in [2.45, 2.75) is 158 Å². The van der Waals surface area contributed by atoms with Gasteiger partial charge in [-0.05, 0) is 19.8 Å². The lowest BCUT2D eigenvalue weighted by atomic mass is 9.92. The summed E-state index contributed by atoms with van der Waals surface area (Å²) in [6, 6.07) is 0. The van der Waals surface area contributed by atoms with Crippen LogP contribution in [0, 0.1) is 0 Å². The van der Waals surface area contributed by atoms with Crippen LogP contribution >= 0.6 is 0 Å². The molecule has 39 heavy (non-hydrogen) atoms. The Bertz CT molecular complexity index is 778. The van der Waals surface area contributed by atoms with E-state index in [1.165, 1.54) is 38.5 Å². The average molecular weight is 585 g/mol. The Labute approximate surface area is 233 Å². The van der Waals surface area contributed by atoms with Crippen molar-refractivity contribution in [3.63, 3.8) is 0 Å². The van der Waals surface area contributed by atoms with Crippen LogP contribution in [0.4, 0.5) is 0 Å². The second-order valence-corrected chi connectivity index (χ2v) is 12.6. The van der Waals surface area contributed by atoms with Crippen molar-refractivity contribution in [3.8, 4) is 0 Å². The van der Waals surface area contributed by atoms with E-state index in [0.29, 0.717) is 19.3 Å². The van der Waals surface area contributed by atoms with E-state index in [0.717, 1.165) is 44.9 Å². The number of ether oxygens (including phenoxy) is 1. The van der Waals surface area contributed by atoms with Crippen LogP contribution in [0.2, 0.25) is 0 Å². The molecule has 0 saturated carbocycles. The van der Waals surface area contributed by atoms with Gasteiger partial charge in [0.05, 0.1) is 18.8 Å². The van der Waals surface area contributed by atoms with Gasteiger partial charge in [-0.1, -0.05) is 89.9 Å². The van der Waals surface area contributed by atoms with E-state index in [1.807, 2.05) is 0 Å². The number of aliphatic hydroxyl groups excluding tert-OH is 5. The molecule has 232 valence electrons. The molecule has 0 aromatic carbocycles. The van der Waals surface area contributed by atoms with E-state index in [1.54, 1.807) is 6.92 Å². The standard InChI is InChI=1S/C27H52O11S/c1-20-24(31)26(33)25(32)21(38-20)17-15-13-11-9-7-5-3-2-4-6-8-10-12-14-16-18-22(29)27(34,23(30)19-28)39(35,36)37/h20-21,23-26,28,30-34H,2-19H2,1H3,(H,35,36,37)/t20-,21?,23?,24+,25+,26+,27?/m0/s1. The fourth-order valence-electron chi connectivity index (χ4n) is 5.11. The Balaban J connectivity index is 1.95. The summed E-state index contributed by atoms with van der Waals surface area (Å²) >= 11 is 0. The van der Waals surface area contributed by atoms with Crippen LogP contribution in [0.1, 0.15) is 116 Å². The highest BCUT2D eigenvalue weighted by molar-refractivity contribution is 7.88. The molecule has 11 nitrogen and oxygen atoms in total. The molecule has 1 saturated heterocycles. The number of Topliss-reactive ketones (excluding diaryl/α,β-unsaturated/α-hetero) is 1. The van der Waals surface area contributed by atoms with Crippen LogP contribution in [0.15, 0.2) is 0 Å². The number of carbonyl (C=O) groups is 1. The third-order valence-electron chi connectivity index (χ3n) is 7.76. The highest BCUT2D eigenvalue weighted by Crippen LogP contribution is 2.25. The van der Waals surface area contributed by atoms with E-state index in [-0.39, 0.29) is 6.42 Å². The summed E-state index contributed by atoms with van der Waals surface area (Å²) in [5, 5.41) is 58.0. The van der Waals surface area contributed by atoms with Crippen LogP contribution in [0.3, 0.4) is 0 Å². The Kier molecular flexibility index (Phi) is 17.4. The normalized spacial score (nSPS) is 26.3. The van der Waals surface area contributed by atoms with Crippen LogP contribution in [0.5, 0.6) is 0 Å². The maximum atomic E-state index is 12.1. The quantitative estimate of drug-likeness (QED) is 0.0724. The molecule has 1 rings (SSSR count). The first kappa shape index (κ1) is 36.3. The summed E-state index contributed by atoms with van der Waals surface area (Å²) in [6.45, 7) is 0.530. The molecule has 7 N–H and O–H groups in total. The molecule has 0 aliphatic carbocycles. The molecule has 3 unspecified atom stereocenters. The number of ketones is 1. The van der Waals surface area contributed by atoms with E-state index >= 15 is 0 Å². The molecule has 0 amide bonds. The van der Waals surface area contributed by atoms with Gasteiger partial charge in [-0.2, -0.15) is 8.42 Å². The van der Waals surface area contributed by atoms with Gasteiger partial charge in [0.15, 0.2) is 5.78 Å². The smallest absolute Gasteiger partial charge is 0.305 e. The average Bonchev–Trinajstić information content (AvgIpc) is 2.89. The van der Waals surface area contributed by atoms with Crippen LogP contribution in [-0.2, 0) is 19.6 Å². The predicted molar refractivity (Wildman–Crippen MR) is 145 cm³/mol. The minimum Gasteiger partial charge on any atom is -0.394 e. The molecule has 7 atom stereocenters. The van der Waals surface area contributed by atoms with Gasteiger partial charge in [0, 0.05) is 6.42 Å². The molecule has 0 spiro atoms. The molecule has 1 aliphatic rings. The lowest BCUT2D eigenvalue weighted by Gasteiger charge is -2.39. The molecular formula is C27H52O11S. The number of carbonyl (C=O) groups excluding carboxylic acids is 1. The van der Waals surface area contributed by atoms with E-state index in [4.69, 9.17) is 14.4 Å². The van der Waals surface area contributed by atoms with Crippen molar-refractivity contribution in [3.05, 3.63) is 0 Å². The lowest BCUT2D eigenvalue weighted by Crippen LogP contribution is -2.56. The summed E-state index contributed by atoms with van der Waals surface area (Å²) in [4.78, 5) is 8.67. The SMILES string of the molecule is C[C@@H]1OC(CCCCCCCCCCCCCCCCCC(=O)C(O)(C(O)CO)S(=O)(=O)O)[C@@H](O)[C@H](O)[C@@H]1O. The minimum absolute atomic E-state index is 0.317. The number of rotatable bonds is 22. The molecule has 0 bridgehead atoms. The molecule has 12 heteroatoms. The predicted octanol–water partition coefficient (Wildman–Crippen LogP) is 1.99. The van der Waals surface area contributed by atoms with Crippen molar-refractivity contribution in [1.82, 2.24) is 0 Å². The van der Waals surface area contributed by atoms with Gasteiger partial charge >= 0.3 is 10.1 Å². The maximum absolute atomic E-state index is 12.1. The fraction of sp³-hybridized carbons (Fsp3) is 0.963. The highest BCUT2D eigenvalue weighted by atomic mass is 32.2. The van der Waals surface area contributed by atoms with Gasteiger partial charge in [0.2, 0.25) is 0 Å². The summed E-state index contributed by atoms with van der Waals surface area (Å²) in [5.41, 5.74) is 0. The Morgan fingerprint density at radius 2 is 1.18 bits per heavy atom. The van der Waals surface area contributed by atoms with Crippen molar-refractivity contribution < 1.29 is 53.1 Å². The van der Waals surface area contributed by atoms with Gasteiger partial charge in [-0.15, -0.1) is 0 Å². The monoisotopic (exact) mass is 584 g/mol. The summed E-state index contributed by atoms with van der Waals surface area (Å²) in [5.74, 6) is -1.22. The summed E-state index contributed by atoms with van der Waals surface area (Å²) in [7, 11) is -5.29. The van der Waals surface area contributed by atoms with Gasteiger partial charge < -0.3 is 35.4 Å². The highest BCUT2D eigenvalue weighted by Gasteiger charge is 2.53. The minimum atomic E-state index is -5.29. The largest absolute Gasteiger partial charge is 0.394 e. The van der Waals surface area contributed by atoms with Crippen molar-refractivity contribution in [2.75, 3.05) is 6.61 Å². The molecular weight excluding hydrogens is 532 g/mol. The summed E-state index contributed by atoms with van der Waals surface area (Å²) < 4.78 is 37.4. The summed E-state index contributed by atoms with van der Waals surface area (Å²) in [6.07, 6.45) is 9.19. The lowest BCUT2D eigenvalue weighted by molar-refractivity contribution is -0.218. The Morgan fingerprint density at radius 3 is 1.59 bits per heavy atom. The van der Waals surface area contributed by atoms with Crippen LogP contribution in [0.25, 0.3) is 0 Å². The zero-order chi connectivity index (χ0) is 29.5. The first-order chi connectivity index (χ1) is 18.4. The molecule has 0 radical (unpaired) electrons. The van der Waals surface area contributed by atoms with Crippen molar-refractivity contribution >= 4 is 15.9 Å². The zero-order valence-electron chi connectivity index (χ0n) is 23.4. The number of hydrogen-bond donors (Lipinski definition) is 7. The Hall–Kier alpha value is -0.700. The zero-order valence-corrected chi connectivity index (χ0v) is 24.2. The van der Waals surface area contributed by atoms with E-state index in [9.17, 15) is 38.7 Å². The van der Waals surface area contributed by atoms with Gasteiger partial charge in [-0.25, -0.2) is 0 Å². The number of unbranched alkanes of at least 4 members (excludes halogenated alkanes) is 14. The van der Waals surface area contributed by atoms with Crippen molar-refractivity contribution in [2.24, 2.45) is 0 Å². The number of aliphatic hydroxyl groups is 6. The second kappa shape index (κ2) is 18.7. The fourth-order valence-corrected chi connectivity index (χ4v) is 5.92. The molecule has 1 heterocycles. The van der Waals surface area contributed by atoms with Gasteiger partial charge in [0.1, 0.15) is 24.4 Å². The number of hydrogen-bond acceptors (Lipinski definition) is 10. The molecule has 0 aromatic rings. The van der Waals surface area contributed by atoms with E-state index in [2.05, 4.69) is 0 Å². The third kappa shape index (κ3) is 12.0. The van der Waals surface area contributed by atoms with Crippen molar-refractivity contribution in [1.29, 1.82) is 0 Å². The molecule has 0 aromatic heterocycles. The molecule has 1 aliphatic heterocycles. The first-order valence-electron chi connectivity index (χ1n) is 14.6. The second-order valence-electron chi connectivity index (χ2n) is 11.0.